The van der Waals surface area contributed by atoms with E-state index < -0.39 is 41.7 Å². The topological polar surface area (TPSA) is 74.2 Å². The Morgan fingerprint density at radius 2 is 1.52 bits per heavy atom. The van der Waals surface area contributed by atoms with E-state index in [9.17, 15) is 27.8 Å². The monoisotopic (exact) mass is 472 g/mol. The van der Waals surface area contributed by atoms with E-state index in [1.165, 1.54) is 19.1 Å². The van der Waals surface area contributed by atoms with E-state index in [-0.39, 0.29) is 30.7 Å². The van der Waals surface area contributed by atoms with Crippen molar-refractivity contribution < 1.29 is 37.2 Å². The Hall–Kier alpha value is -2.40. The normalized spacial score (nSPS) is 17.6. The Labute approximate surface area is 189 Å². The molecule has 0 radical (unpaired) electrons. The summed E-state index contributed by atoms with van der Waals surface area (Å²) in [5.41, 5.74) is 0. The zero-order valence-corrected chi connectivity index (χ0v) is 18.2. The smallest absolute Gasteiger partial charge is 0.178 e. The predicted octanol–water partition coefficient (Wildman–Crippen LogP) is 2.82. The molecule has 3 atom stereocenters. The zero-order valence-electron chi connectivity index (χ0n) is 18.2. The Bertz CT molecular complexity index is 912. The number of hydrogen-bond donors (Lipinski definition) is 3. The number of nitrogens with zero attached hydrogens (tertiary/aromatic N) is 1. The zero-order chi connectivity index (χ0) is 24.0. The molecule has 0 spiro atoms. The van der Waals surface area contributed by atoms with E-state index in [0.717, 1.165) is 37.4 Å². The average molecular weight is 472 g/mol. The minimum atomic E-state index is -1.08. The van der Waals surface area contributed by atoms with E-state index in [1.807, 2.05) is 0 Å². The van der Waals surface area contributed by atoms with Crippen LogP contribution < -0.4 is 14.8 Å². The SMILES string of the molecule is CC(O)C(Oc1ccc(F)c(F)c1)N(C[C@@H](O)COc1ccc(F)c(F)c1)C1CCNCC1. The lowest BCUT2D eigenvalue weighted by molar-refractivity contribution is -0.0987. The Morgan fingerprint density at radius 3 is 2.09 bits per heavy atom. The number of piperidine rings is 1. The van der Waals surface area contributed by atoms with Crippen molar-refractivity contribution in [1.82, 2.24) is 10.2 Å². The number of nitrogens with one attached hydrogen (secondary N) is 1. The summed E-state index contributed by atoms with van der Waals surface area (Å²) in [5, 5.41) is 24.3. The van der Waals surface area contributed by atoms with Gasteiger partial charge in [0.2, 0.25) is 0 Å². The molecule has 1 aliphatic heterocycles. The summed E-state index contributed by atoms with van der Waals surface area (Å²) in [7, 11) is 0. The first kappa shape index (κ1) is 25.2. The second-order valence-corrected chi connectivity index (χ2v) is 8.04. The third kappa shape index (κ3) is 7.04. The Kier molecular flexibility index (Phi) is 8.90. The fourth-order valence-electron chi connectivity index (χ4n) is 3.79. The molecule has 2 aromatic rings. The second kappa shape index (κ2) is 11.6. The van der Waals surface area contributed by atoms with Crippen LogP contribution >= 0.6 is 0 Å². The molecule has 0 aromatic heterocycles. The predicted molar refractivity (Wildman–Crippen MR) is 113 cm³/mol. The highest BCUT2D eigenvalue weighted by Crippen LogP contribution is 2.24. The highest BCUT2D eigenvalue weighted by Gasteiger charge is 2.34. The van der Waals surface area contributed by atoms with Gasteiger partial charge >= 0.3 is 0 Å². The average Bonchev–Trinajstić information content (AvgIpc) is 2.79. The van der Waals surface area contributed by atoms with E-state index in [2.05, 4.69) is 5.32 Å². The van der Waals surface area contributed by atoms with Gasteiger partial charge in [0.05, 0.1) is 0 Å². The minimum absolute atomic E-state index is 0.0214. The molecule has 1 aliphatic rings. The van der Waals surface area contributed by atoms with Gasteiger partial charge in [-0.3, -0.25) is 4.90 Å². The number of benzene rings is 2. The third-order valence-corrected chi connectivity index (χ3v) is 5.42. The fraction of sp³-hybridized carbons (Fsp3) is 0.478. The van der Waals surface area contributed by atoms with Crippen LogP contribution in [-0.4, -0.2) is 65.8 Å². The van der Waals surface area contributed by atoms with Crippen LogP contribution in [0.2, 0.25) is 0 Å². The molecule has 33 heavy (non-hydrogen) atoms. The molecule has 3 N–H and O–H groups in total. The number of halogens is 4. The molecule has 0 bridgehead atoms. The number of hydrogen-bond acceptors (Lipinski definition) is 6. The van der Waals surface area contributed by atoms with Crippen molar-refractivity contribution in [2.45, 2.75) is 44.2 Å². The summed E-state index contributed by atoms with van der Waals surface area (Å²) in [4.78, 5) is 1.77. The third-order valence-electron chi connectivity index (χ3n) is 5.42. The molecule has 3 rings (SSSR count). The van der Waals surface area contributed by atoms with Crippen LogP contribution in [0.4, 0.5) is 17.6 Å². The van der Waals surface area contributed by atoms with Gasteiger partial charge in [-0.05, 0) is 57.1 Å². The van der Waals surface area contributed by atoms with Crippen LogP contribution in [0.5, 0.6) is 11.5 Å². The van der Waals surface area contributed by atoms with Crippen LogP contribution in [0.1, 0.15) is 19.8 Å². The maximum atomic E-state index is 13.7. The van der Waals surface area contributed by atoms with Crippen molar-refractivity contribution in [3.63, 3.8) is 0 Å². The highest BCUT2D eigenvalue weighted by atomic mass is 19.2. The molecule has 0 saturated carbocycles. The highest BCUT2D eigenvalue weighted by molar-refractivity contribution is 5.24. The number of rotatable bonds is 10. The summed E-state index contributed by atoms with van der Waals surface area (Å²) >= 11 is 0. The molecule has 1 fully saturated rings. The summed E-state index contributed by atoms with van der Waals surface area (Å²) in [6.07, 6.45) is -1.65. The van der Waals surface area contributed by atoms with Crippen LogP contribution in [-0.2, 0) is 0 Å². The van der Waals surface area contributed by atoms with Crippen molar-refractivity contribution in [1.29, 1.82) is 0 Å². The fourth-order valence-corrected chi connectivity index (χ4v) is 3.79. The Balaban J connectivity index is 1.73. The number of ether oxygens (including phenoxy) is 2. The standard InChI is InChI=1S/C23H28F4N2O4/c1-14(30)23(33-18-3-5-20(25)22(27)11-18)29(15-6-8-28-9-7-15)12-16(31)13-32-17-2-4-19(24)21(26)10-17/h2-5,10-11,14-16,23,28,30-31H,6-9,12-13H2,1H3/t14?,16-,23?/m1/s1. The summed E-state index contributed by atoms with van der Waals surface area (Å²) in [5.74, 6) is -4.07. The first-order valence-electron chi connectivity index (χ1n) is 10.8. The van der Waals surface area contributed by atoms with Gasteiger partial charge in [0.1, 0.15) is 30.3 Å². The molecule has 6 nitrogen and oxygen atoms in total. The molecular weight excluding hydrogens is 444 g/mol. The van der Waals surface area contributed by atoms with Gasteiger partial charge in [-0.25, -0.2) is 17.6 Å². The molecule has 0 amide bonds. The van der Waals surface area contributed by atoms with Gasteiger partial charge in [0, 0.05) is 24.7 Å². The number of aliphatic hydroxyl groups excluding tert-OH is 2. The molecule has 1 saturated heterocycles. The van der Waals surface area contributed by atoms with Crippen LogP contribution in [0.25, 0.3) is 0 Å². The molecule has 0 aliphatic carbocycles. The first-order valence-corrected chi connectivity index (χ1v) is 10.8. The van der Waals surface area contributed by atoms with Crippen LogP contribution in [0.3, 0.4) is 0 Å². The minimum Gasteiger partial charge on any atom is -0.491 e. The van der Waals surface area contributed by atoms with E-state index >= 15 is 0 Å². The van der Waals surface area contributed by atoms with Gasteiger partial charge in [-0.1, -0.05) is 0 Å². The van der Waals surface area contributed by atoms with Crippen LogP contribution in [0, 0.1) is 23.3 Å². The van der Waals surface area contributed by atoms with Crippen molar-refractivity contribution >= 4 is 0 Å². The van der Waals surface area contributed by atoms with Gasteiger partial charge in [0.25, 0.3) is 0 Å². The van der Waals surface area contributed by atoms with Gasteiger partial charge in [0.15, 0.2) is 29.5 Å². The lowest BCUT2D eigenvalue weighted by atomic mass is 10.0. The number of aliphatic hydroxyl groups is 2. The maximum Gasteiger partial charge on any atom is 0.178 e. The second-order valence-electron chi connectivity index (χ2n) is 8.04. The maximum absolute atomic E-state index is 13.7. The van der Waals surface area contributed by atoms with E-state index in [4.69, 9.17) is 9.47 Å². The van der Waals surface area contributed by atoms with Crippen molar-refractivity contribution in [3.05, 3.63) is 59.7 Å². The van der Waals surface area contributed by atoms with E-state index in [1.54, 1.807) is 4.90 Å². The molecule has 10 heteroatoms. The molecule has 2 unspecified atom stereocenters. The first-order chi connectivity index (χ1) is 15.7. The molecule has 2 aromatic carbocycles. The van der Waals surface area contributed by atoms with E-state index in [0.29, 0.717) is 12.8 Å². The van der Waals surface area contributed by atoms with Crippen LogP contribution in [0.15, 0.2) is 36.4 Å². The quantitative estimate of drug-likeness (QED) is 0.365. The van der Waals surface area contributed by atoms with Gasteiger partial charge in [-0.2, -0.15) is 0 Å². The van der Waals surface area contributed by atoms with Crippen molar-refractivity contribution in [2.75, 3.05) is 26.2 Å². The summed E-state index contributed by atoms with van der Waals surface area (Å²) < 4.78 is 64.7. The molecular formula is C23H28F4N2O4. The molecule has 1 heterocycles. The van der Waals surface area contributed by atoms with Gasteiger partial charge in [-0.15, -0.1) is 0 Å². The van der Waals surface area contributed by atoms with Gasteiger partial charge < -0.3 is 25.0 Å². The molecule has 182 valence electrons. The summed E-state index contributed by atoms with van der Waals surface area (Å²) in [6.45, 7) is 2.75. The lowest BCUT2D eigenvalue weighted by Crippen LogP contribution is -2.56. The van der Waals surface area contributed by atoms with Crippen molar-refractivity contribution in [2.24, 2.45) is 0 Å². The lowest BCUT2D eigenvalue weighted by Gasteiger charge is -2.41. The van der Waals surface area contributed by atoms with Crippen molar-refractivity contribution in [3.8, 4) is 11.5 Å². The Morgan fingerprint density at radius 1 is 0.939 bits per heavy atom. The summed E-state index contributed by atoms with van der Waals surface area (Å²) in [6, 6.07) is 6.08. The largest absolute Gasteiger partial charge is 0.491 e.